The van der Waals surface area contributed by atoms with E-state index >= 15 is 0 Å². The van der Waals surface area contributed by atoms with Gasteiger partial charge in [0.25, 0.3) is 0 Å². The first-order valence-electron chi connectivity index (χ1n) is 10.5. The lowest BCUT2D eigenvalue weighted by Crippen LogP contribution is -2.31. The van der Waals surface area contributed by atoms with Gasteiger partial charge in [0.1, 0.15) is 5.82 Å². The summed E-state index contributed by atoms with van der Waals surface area (Å²) in [7, 11) is 0. The van der Waals surface area contributed by atoms with E-state index in [0.29, 0.717) is 11.7 Å². The second-order valence-electron chi connectivity index (χ2n) is 7.48. The van der Waals surface area contributed by atoms with Crippen LogP contribution in [0.15, 0.2) is 33.8 Å². The zero-order chi connectivity index (χ0) is 20.8. The fourth-order valence-electron chi connectivity index (χ4n) is 3.72. The van der Waals surface area contributed by atoms with Crippen molar-refractivity contribution >= 4 is 51.0 Å². The third-order valence-corrected chi connectivity index (χ3v) is 8.50. The molecule has 1 saturated carbocycles. The smallest absolute Gasteiger partial charge is 0.230 e. The van der Waals surface area contributed by atoms with Gasteiger partial charge in [-0.25, -0.2) is 4.98 Å². The number of nitrogens with one attached hydrogen (secondary N) is 1. The van der Waals surface area contributed by atoms with Crippen molar-refractivity contribution < 1.29 is 4.79 Å². The van der Waals surface area contributed by atoms with Crippen LogP contribution in [0.4, 0.5) is 0 Å². The van der Waals surface area contributed by atoms with Crippen molar-refractivity contribution in [1.82, 2.24) is 25.1 Å². The van der Waals surface area contributed by atoms with Crippen LogP contribution in [0, 0.1) is 5.92 Å². The number of thioether (sulfide) groups is 2. The number of para-hydroxylation sites is 1. The summed E-state index contributed by atoms with van der Waals surface area (Å²) < 4.78 is 4.34. The topological polar surface area (TPSA) is 72.7 Å². The number of hydrogen-bond donors (Lipinski definition) is 1. The number of hydrogen-bond acceptors (Lipinski definition) is 7. The van der Waals surface area contributed by atoms with Gasteiger partial charge in [0.05, 0.1) is 21.7 Å². The van der Waals surface area contributed by atoms with Crippen molar-refractivity contribution in [2.24, 2.45) is 5.92 Å². The second kappa shape index (κ2) is 10.6. The second-order valence-corrected chi connectivity index (χ2v) is 10.7. The summed E-state index contributed by atoms with van der Waals surface area (Å²) in [5.41, 5.74) is 1.04. The van der Waals surface area contributed by atoms with E-state index in [4.69, 9.17) is 0 Å². The van der Waals surface area contributed by atoms with Crippen LogP contribution >= 0.6 is 34.9 Å². The van der Waals surface area contributed by atoms with E-state index < -0.39 is 0 Å². The molecular formula is C21H27N5OS3. The maximum absolute atomic E-state index is 12.3. The number of amides is 1. The Morgan fingerprint density at radius 2 is 2.03 bits per heavy atom. The number of aromatic nitrogens is 4. The summed E-state index contributed by atoms with van der Waals surface area (Å²) in [5, 5.41) is 12.6. The summed E-state index contributed by atoms with van der Waals surface area (Å²) in [6, 6.07) is 8.19. The van der Waals surface area contributed by atoms with Gasteiger partial charge >= 0.3 is 0 Å². The molecule has 1 fully saturated rings. The summed E-state index contributed by atoms with van der Waals surface area (Å²) >= 11 is 4.86. The Labute approximate surface area is 189 Å². The van der Waals surface area contributed by atoms with E-state index in [-0.39, 0.29) is 5.91 Å². The van der Waals surface area contributed by atoms with Gasteiger partial charge in [-0.1, -0.05) is 54.9 Å². The Kier molecular flexibility index (Phi) is 7.67. The molecule has 4 rings (SSSR count). The van der Waals surface area contributed by atoms with Gasteiger partial charge in [0, 0.05) is 13.1 Å². The van der Waals surface area contributed by atoms with Crippen molar-refractivity contribution in [3.8, 4) is 0 Å². The van der Waals surface area contributed by atoms with E-state index in [1.807, 2.05) is 18.2 Å². The largest absolute Gasteiger partial charge is 0.355 e. The van der Waals surface area contributed by atoms with E-state index in [0.717, 1.165) is 39.7 Å². The molecule has 2 heterocycles. The molecule has 1 amide bonds. The van der Waals surface area contributed by atoms with Crippen molar-refractivity contribution in [1.29, 1.82) is 0 Å². The maximum Gasteiger partial charge on any atom is 0.230 e. The number of nitrogens with zero attached hydrogens (tertiary/aromatic N) is 4. The Hall–Kier alpha value is -1.58. The first-order valence-corrected chi connectivity index (χ1v) is 13.3. The molecule has 1 aliphatic rings. The van der Waals surface area contributed by atoms with Crippen molar-refractivity contribution in [3.05, 3.63) is 30.1 Å². The Morgan fingerprint density at radius 3 is 2.83 bits per heavy atom. The Bertz CT molecular complexity index is 947. The van der Waals surface area contributed by atoms with Gasteiger partial charge in [-0.2, -0.15) is 0 Å². The number of thiazole rings is 1. The predicted octanol–water partition coefficient (Wildman–Crippen LogP) is 4.99. The van der Waals surface area contributed by atoms with Crippen LogP contribution in [0.2, 0.25) is 0 Å². The number of fused-ring (bicyclic) bond motifs is 1. The lowest BCUT2D eigenvalue weighted by Gasteiger charge is -2.21. The molecule has 0 aliphatic heterocycles. The standard InChI is InChI=1S/C21H27N5OS3/c1-2-26-18(13-29-21-23-16-10-6-7-11-17(16)30-21)24-25-20(26)28-14-19(27)22-12-15-8-4-3-5-9-15/h6-7,10-11,15H,2-5,8-9,12-14H2,1H3,(H,22,27). The Balaban J connectivity index is 1.28. The minimum absolute atomic E-state index is 0.0848. The molecule has 1 aliphatic carbocycles. The van der Waals surface area contributed by atoms with Crippen LogP contribution in [0.1, 0.15) is 44.9 Å². The fourth-order valence-corrected chi connectivity index (χ4v) is 6.58. The average molecular weight is 462 g/mol. The van der Waals surface area contributed by atoms with E-state index in [1.54, 1.807) is 23.1 Å². The molecule has 160 valence electrons. The highest BCUT2D eigenvalue weighted by molar-refractivity contribution is 8.00. The van der Waals surface area contributed by atoms with E-state index in [2.05, 4.69) is 38.1 Å². The third-order valence-electron chi connectivity index (χ3n) is 5.35. The SMILES string of the molecule is CCn1c(CSc2nc3ccccc3s2)nnc1SCC(=O)NCC1CCCCC1. The quantitative estimate of drug-likeness (QED) is 0.453. The molecule has 9 heteroatoms. The molecule has 0 saturated heterocycles. The molecule has 2 aromatic heterocycles. The lowest BCUT2D eigenvalue weighted by molar-refractivity contribution is -0.118. The van der Waals surface area contributed by atoms with Gasteiger partial charge < -0.3 is 9.88 Å². The van der Waals surface area contributed by atoms with E-state index in [9.17, 15) is 4.79 Å². The van der Waals surface area contributed by atoms with Crippen LogP contribution in [0.5, 0.6) is 0 Å². The zero-order valence-electron chi connectivity index (χ0n) is 17.2. The average Bonchev–Trinajstić information content (AvgIpc) is 3.38. The minimum atomic E-state index is 0.0848. The minimum Gasteiger partial charge on any atom is -0.355 e. The van der Waals surface area contributed by atoms with Gasteiger partial charge in [-0.3, -0.25) is 4.79 Å². The van der Waals surface area contributed by atoms with Crippen molar-refractivity contribution in [2.45, 2.75) is 60.8 Å². The molecule has 30 heavy (non-hydrogen) atoms. The zero-order valence-corrected chi connectivity index (χ0v) is 19.6. The van der Waals surface area contributed by atoms with E-state index in [1.165, 1.54) is 48.6 Å². The summed E-state index contributed by atoms with van der Waals surface area (Å²) in [5.74, 6) is 2.76. The molecule has 0 radical (unpaired) electrons. The first kappa shape index (κ1) is 21.6. The molecule has 6 nitrogen and oxygen atoms in total. The molecule has 0 unspecified atom stereocenters. The van der Waals surface area contributed by atoms with Crippen molar-refractivity contribution in [2.75, 3.05) is 12.3 Å². The Morgan fingerprint density at radius 1 is 1.20 bits per heavy atom. The molecule has 3 aromatic rings. The van der Waals surface area contributed by atoms with Crippen LogP contribution in [0.25, 0.3) is 10.2 Å². The summed E-state index contributed by atoms with van der Waals surface area (Å²) in [6.45, 7) is 3.68. The van der Waals surface area contributed by atoms with Crippen LogP contribution < -0.4 is 5.32 Å². The number of carbonyl (C=O) groups excluding carboxylic acids is 1. The summed E-state index contributed by atoms with van der Waals surface area (Å²) in [6.07, 6.45) is 6.42. The number of carbonyl (C=O) groups is 1. The molecule has 0 bridgehead atoms. The van der Waals surface area contributed by atoms with Crippen LogP contribution in [-0.2, 0) is 17.1 Å². The number of rotatable bonds is 9. The van der Waals surface area contributed by atoms with Gasteiger partial charge in [-0.05, 0) is 37.8 Å². The van der Waals surface area contributed by atoms with Crippen LogP contribution in [0.3, 0.4) is 0 Å². The predicted molar refractivity (Wildman–Crippen MR) is 125 cm³/mol. The fraction of sp³-hybridized carbons (Fsp3) is 0.524. The highest BCUT2D eigenvalue weighted by Crippen LogP contribution is 2.31. The molecule has 1 aromatic carbocycles. The van der Waals surface area contributed by atoms with Gasteiger partial charge in [0.15, 0.2) is 9.50 Å². The van der Waals surface area contributed by atoms with Gasteiger partial charge in [0.2, 0.25) is 5.91 Å². The molecule has 0 atom stereocenters. The highest BCUT2D eigenvalue weighted by Gasteiger charge is 2.16. The summed E-state index contributed by atoms with van der Waals surface area (Å²) in [4.78, 5) is 16.9. The normalized spacial score (nSPS) is 15.0. The molecular weight excluding hydrogens is 434 g/mol. The molecule has 0 spiro atoms. The molecule has 1 N–H and O–H groups in total. The monoisotopic (exact) mass is 461 g/mol. The van der Waals surface area contributed by atoms with Crippen LogP contribution in [-0.4, -0.2) is 38.0 Å². The number of benzene rings is 1. The third kappa shape index (κ3) is 5.56. The van der Waals surface area contributed by atoms with Crippen molar-refractivity contribution in [3.63, 3.8) is 0 Å². The first-order chi connectivity index (χ1) is 14.7. The maximum atomic E-state index is 12.3. The lowest BCUT2D eigenvalue weighted by atomic mass is 9.89. The highest BCUT2D eigenvalue weighted by atomic mass is 32.2. The van der Waals surface area contributed by atoms with Gasteiger partial charge in [-0.15, -0.1) is 21.5 Å².